The molecular formula is C26H28N2O4S. The van der Waals surface area contributed by atoms with E-state index >= 15 is 0 Å². The average Bonchev–Trinajstić information content (AvgIpc) is 2.84. The molecule has 0 bridgehead atoms. The minimum absolute atomic E-state index is 0.175. The third kappa shape index (κ3) is 8.12. The number of amides is 1. The fraction of sp³-hybridized carbons (Fsp3) is 0.231. The third-order valence-corrected chi connectivity index (χ3v) is 4.78. The average molecular weight is 465 g/mol. The van der Waals surface area contributed by atoms with Crippen molar-refractivity contribution in [2.45, 2.75) is 19.8 Å². The lowest BCUT2D eigenvalue weighted by molar-refractivity contribution is 0.0977. The molecule has 0 aromatic heterocycles. The molecule has 0 spiro atoms. The van der Waals surface area contributed by atoms with E-state index < -0.39 is 0 Å². The Kier molecular flexibility index (Phi) is 9.54. The number of nitrogens with one attached hydrogen (secondary N) is 2. The van der Waals surface area contributed by atoms with Crippen molar-refractivity contribution < 1.29 is 19.0 Å². The largest absolute Gasteiger partial charge is 0.494 e. The summed E-state index contributed by atoms with van der Waals surface area (Å²) in [7, 11) is 0. The van der Waals surface area contributed by atoms with Crippen molar-refractivity contribution in [1.29, 1.82) is 0 Å². The van der Waals surface area contributed by atoms with Crippen LogP contribution in [0.25, 0.3) is 0 Å². The molecule has 0 aliphatic carbocycles. The van der Waals surface area contributed by atoms with Crippen LogP contribution in [0, 0.1) is 0 Å². The summed E-state index contributed by atoms with van der Waals surface area (Å²) in [6.45, 7) is 3.48. The Balaban J connectivity index is 1.51. The van der Waals surface area contributed by atoms with Gasteiger partial charge in [0, 0.05) is 5.56 Å². The summed E-state index contributed by atoms with van der Waals surface area (Å²) < 4.78 is 17.2. The van der Waals surface area contributed by atoms with Crippen LogP contribution in [0.1, 0.15) is 30.1 Å². The molecule has 7 heteroatoms. The van der Waals surface area contributed by atoms with Crippen LogP contribution in [-0.2, 0) is 0 Å². The number of ether oxygens (including phenoxy) is 3. The van der Waals surface area contributed by atoms with Gasteiger partial charge in [0.15, 0.2) is 5.11 Å². The van der Waals surface area contributed by atoms with Crippen molar-refractivity contribution in [3.8, 4) is 17.2 Å². The van der Waals surface area contributed by atoms with Gasteiger partial charge >= 0.3 is 0 Å². The van der Waals surface area contributed by atoms with Crippen molar-refractivity contribution in [3.05, 3.63) is 84.4 Å². The topological polar surface area (TPSA) is 68.8 Å². The van der Waals surface area contributed by atoms with Gasteiger partial charge in [-0.25, -0.2) is 0 Å². The number of anilines is 1. The van der Waals surface area contributed by atoms with Gasteiger partial charge in [-0.1, -0.05) is 49.7 Å². The number of rotatable bonds is 11. The molecule has 0 aliphatic rings. The molecule has 0 heterocycles. The van der Waals surface area contributed by atoms with Crippen molar-refractivity contribution >= 4 is 28.9 Å². The Labute approximate surface area is 199 Å². The highest BCUT2D eigenvalue weighted by atomic mass is 32.1. The normalized spacial score (nSPS) is 10.2. The summed E-state index contributed by atoms with van der Waals surface area (Å²) in [4.78, 5) is 12.6. The van der Waals surface area contributed by atoms with Crippen molar-refractivity contribution in [2.75, 3.05) is 25.1 Å². The minimum Gasteiger partial charge on any atom is -0.494 e. The van der Waals surface area contributed by atoms with Gasteiger partial charge in [0.1, 0.15) is 30.5 Å². The van der Waals surface area contributed by atoms with Gasteiger partial charge in [0.05, 0.1) is 12.3 Å². The lowest BCUT2D eigenvalue weighted by Gasteiger charge is -2.15. The maximum atomic E-state index is 12.6. The molecule has 0 fully saturated rings. The quantitative estimate of drug-likeness (QED) is 0.291. The van der Waals surface area contributed by atoms with E-state index in [-0.39, 0.29) is 11.0 Å². The van der Waals surface area contributed by atoms with E-state index in [1.165, 1.54) is 0 Å². The Morgan fingerprint density at radius 3 is 2.33 bits per heavy atom. The Bertz CT molecular complexity index is 1040. The molecule has 172 valence electrons. The van der Waals surface area contributed by atoms with Crippen molar-refractivity contribution in [3.63, 3.8) is 0 Å². The molecule has 2 N–H and O–H groups in total. The molecule has 0 saturated carbocycles. The maximum Gasteiger partial charge on any atom is 0.257 e. The molecule has 1 amide bonds. The first-order valence-electron chi connectivity index (χ1n) is 10.9. The molecule has 6 nitrogen and oxygen atoms in total. The van der Waals surface area contributed by atoms with Crippen molar-refractivity contribution in [2.24, 2.45) is 0 Å². The smallest absolute Gasteiger partial charge is 0.257 e. The highest BCUT2D eigenvalue weighted by molar-refractivity contribution is 7.80. The second-order valence-electron chi connectivity index (χ2n) is 7.14. The summed E-state index contributed by atoms with van der Waals surface area (Å²) in [5, 5.41) is 5.90. The van der Waals surface area contributed by atoms with Crippen LogP contribution in [0.4, 0.5) is 5.69 Å². The number of para-hydroxylation sites is 3. The summed E-state index contributed by atoms with van der Waals surface area (Å²) in [5.74, 6) is 1.74. The zero-order valence-electron chi connectivity index (χ0n) is 18.6. The lowest BCUT2D eigenvalue weighted by atomic mass is 10.2. The van der Waals surface area contributed by atoms with E-state index in [2.05, 4.69) is 17.6 Å². The van der Waals surface area contributed by atoms with Gasteiger partial charge < -0.3 is 19.5 Å². The maximum absolute atomic E-state index is 12.6. The predicted octanol–water partition coefficient (Wildman–Crippen LogP) is 5.45. The summed E-state index contributed by atoms with van der Waals surface area (Å²) >= 11 is 5.34. The van der Waals surface area contributed by atoms with Crippen LogP contribution < -0.4 is 24.8 Å². The van der Waals surface area contributed by atoms with E-state index in [0.29, 0.717) is 42.6 Å². The first kappa shape index (κ1) is 24.1. The summed E-state index contributed by atoms with van der Waals surface area (Å²) in [6.07, 6.45) is 2.01. The fourth-order valence-corrected chi connectivity index (χ4v) is 3.12. The molecule has 3 aromatic rings. The first-order chi connectivity index (χ1) is 16.2. The predicted molar refractivity (Wildman–Crippen MR) is 134 cm³/mol. The second kappa shape index (κ2) is 13.1. The molecular weight excluding hydrogens is 436 g/mol. The molecule has 0 aliphatic heterocycles. The van der Waals surface area contributed by atoms with Crippen molar-refractivity contribution in [1.82, 2.24) is 5.32 Å². The van der Waals surface area contributed by atoms with E-state index in [9.17, 15) is 4.79 Å². The molecule has 0 unspecified atom stereocenters. The lowest BCUT2D eigenvalue weighted by Crippen LogP contribution is -2.34. The highest BCUT2D eigenvalue weighted by Crippen LogP contribution is 2.24. The van der Waals surface area contributed by atoms with Crippen LogP contribution in [0.15, 0.2) is 78.9 Å². The zero-order chi connectivity index (χ0) is 23.3. The van der Waals surface area contributed by atoms with Gasteiger partial charge in [0.2, 0.25) is 0 Å². The highest BCUT2D eigenvalue weighted by Gasteiger charge is 2.11. The second-order valence-corrected chi connectivity index (χ2v) is 7.55. The number of unbranched alkanes of at least 4 members (excludes halogenated alkanes) is 1. The van der Waals surface area contributed by atoms with Crippen LogP contribution in [0.2, 0.25) is 0 Å². The Morgan fingerprint density at radius 1 is 0.818 bits per heavy atom. The molecule has 0 saturated heterocycles. The minimum atomic E-state index is -0.317. The number of hydrogen-bond donors (Lipinski definition) is 2. The zero-order valence-corrected chi connectivity index (χ0v) is 19.4. The number of carbonyl (C=O) groups excluding carboxylic acids is 1. The molecule has 0 radical (unpaired) electrons. The number of benzene rings is 3. The summed E-state index contributed by atoms with van der Waals surface area (Å²) in [5.41, 5.74) is 1.12. The van der Waals surface area contributed by atoms with Crippen LogP contribution in [0.3, 0.4) is 0 Å². The van der Waals surface area contributed by atoms with Gasteiger partial charge in [-0.05, 0) is 61.1 Å². The van der Waals surface area contributed by atoms with Crippen LogP contribution in [-0.4, -0.2) is 30.8 Å². The van der Waals surface area contributed by atoms with Gasteiger partial charge in [-0.15, -0.1) is 0 Å². The molecule has 3 rings (SSSR count). The molecule has 33 heavy (non-hydrogen) atoms. The third-order valence-electron chi connectivity index (χ3n) is 4.58. The summed E-state index contributed by atoms with van der Waals surface area (Å²) in [6, 6.07) is 24.0. The van der Waals surface area contributed by atoms with Gasteiger partial charge in [0.25, 0.3) is 5.91 Å². The fourth-order valence-electron chi connectivity index (χ4n) is 2.91. The molecule has 0 atom stereocenters. The van der Waals surface area contributed by atoms with E-state index in [0.717, 1.165) is 18.6 Å². The van der Waals surface area contributed by atoms with Crippen LogP contribution in [0.5, 0.6) is 17.2 Å². The number of carbonyl (C=O) groups is 1. The Hall–Kier alpha value is -3.58. The SMILES string of the molecule is CCCCOc1cccc(C(=O)NC(=S)Nc2ccccc2OCCOc2ccccc2)c1. The van der Waals surface area contributed by atoms with Gasteiger partial charge in [-0.2, -0.15) is 0 Å². The monoisotopic (exact) mass is 464 g/mol. The molecule has 3 aromatic carbocycles. The number of hydrogen-bond acceptors (Lipinski definition) is 5. The van der Waals surface area contributed by atoms with E-state index in [1.807, 2.05) is 60.7 Å². The van der Waals surface area contributed by atoms with E-state index in [4.69, 9.17) is 26.4 Å². The van der Waals surface area contributed by atoms with Gasteiger partial charge in [-0.3, -0.25) is 10.1 Å². The van der Waals surface area contributed by atoms with Crippen LogP contribution >= 0.6 is 12.2 Å². The first-order valence-corrected chi connectivity index (χ1v) is 11.3. The number of thiocarbonyl (C=S) groups is 1. The Morgan fingerprint density at radius 2 is 1.52 bits per heavy atom. The van der Waals surface area contributed by atoms with E-state index in [1.54, 1.807) is 18.2 Å². The standard InChI is InChI=1S/C26H28N2O4S/c1-2-3-16-30-22-13-9-10-20(19-22)25(29)28-26(33)27-23-14-7-8-15-24(23)32-18-17-31-21-11-5-4-6-12-21/h4-15,19H,2-3,16-18H2,1H3,(H2,27,28,29,33).